The zero-order valence-electron chi connectivity index (χ0n) is 17.5. The van der Waals surface area contributed by atoms with Crippen LogP contribution in [0, 0.1) is 5.82 Å². The molecule has 2 amide bonds. The van der Waals surface area contributed by atoms with Gasteiger partial charge in [0.2, 0.25) is 0 Å². The van der Waals surface area contributed by atoms with Crippen LogP contribution in [0.1, 0.15) is 26.3 Å². The molecule has 2 aromatic rings. The highest BCUT2D eigenvalue weighted by Gasteiger charge is 2.20. The maximum absolute atomic E-state index is 13.0. The molecule has 2 rings (SSSR count). The molecule has 0 saturated heterocycles. The molecule has 7 nitrogen and oxygen atoms in total. The van der Waals surface area contributed by atoms with Gasteiger partial charge in [0.15, 0.2) is 0 Å². The van der Waals surface area contributed by atoms with Crippen molar-refractivity contribution < 1.29 is 26.5 Å². The Labute approximate surface area is 176 Å². The van der Waals surface area contributed by atoms with Crippen LogP contribution >= 0.6 is 0 Å². The van der Waals surface area contributed by atoms with Crippen LogP contribution in [0.3, 0.4) is 0 Å². The molecule has 0 bridgehead atoms. The number of methoxy groups -OCH3 is 1. The number of nitrogens with one attached hydrogen (secondary N) is 1. The first-order chi connectivity index (χ1) is 14.0. The van der Waals surface area contributed by atoms with Crippen molar-refractivity contribution in [2.24, 2.45) is 0 Å². The van der Waals surface area contributed by atoms with Gasteiger partial charge in [0, 0.05) is 25.7 Å². The average molecular weight is 439 g/mol. The first-order valence-electron chi connectivity index (χ1n) is 9.35. The van der Waals surface area contributed by atoms with E-state index in [9.17, 15) is 17.6 Å². The lowest BCUT2D eigenvalue weighted by atomic mass is 10.1. The summed E-state index contributed by atoms with van der Waals surface area (Å²) in [5.74, 6) is -0.419. The zero-order valence-corrected chi connectivity index (χ0v) is 18.3. The van der Waals surface area contributed by atoms with Gasteiger partial charge in [0.1, 0.15) is 16.5 Å². The van der Waals surface area contributed by atoms with E-state index in [1.165, 1.54) is 12.1 Å². The van der Waals surface area contributed by atoms with E-state index in [1.807, 2.05) is 20.8 Å². The molecule has 0 spiro atoms. The fraction of sp³-hybridized carbons (Fsp3) is 0.381. The van der Waals surface area contributed by atoms with Gasteiger partial charge in [-0.3, -0.25) is 0 Å². The monoisotopic (exact) mass is 438 g/mol. The minimum absolute atomic E-state index is 0.116. The number of carbonyl (C=O) groups excluding carboxylic acids is 1. The van der Waals surface area contributed by atoms with Crippen LogP contribution in [0.15, 0.2) is 53.4 Å². The number of carbonyl (C=O) groups is 1. The number of ether oxygens (including phenoxy) is 1. The van der Waals surface area contributed by atoms with Gasteiger partial charge < -0.3 is 19.1 Å². The molecule has 0 unspecified atom stereocenters. The van der Waals surface area contributed by atoms with E-state index >= 15 is 0 Å². The molecular formula is C21H27FN2O5S. The Balaban J connectivity index is 2.09. The van der Waals surface area contributed by atoms with E-state index in [-0.39, 0.29) is 22.2 Å². The minimum Gasteiger partial charge on any atom is -0.383 e. The Bertz CT molecular complexity index is 939. The van der Waals surface area contributed by atoms with E-state index in [0.29, 0.717) is 19.7 Å². The third-order valence-electron chi connectivity index (χ3n) is 3.94. The molecule has 9 heteroatoms. The Morgan fingerprint density at radius 1 is 1.07 bits per heavy atom. The fourth-order valence-electron chi connectivity index (χ4n) is 2.50. The number of halogens is 1. The highest BCUT2D eigenvalue weighted by atomic mass is 32.2. The lowest BCUT2D eigenvalue weighted by molar-refractivity contribution is 0.142. The summed E-state index contributed by atoms with van der Waals surface area (Å²) in [5, 5.41) is 2.91. The zero-order chi connectivity index (χ0) is 22.4. The van der Waals surface area contributed by atoms with E-state index in [0.717, 1.165) is 29.8 Å². The van der Waals surface area contributed by atoms with Crippen LogP contribution in [0.25, 0.3) is 0 Å². The SMILES string of the molecule is COCCN(Cc1ccc(OS(=O)(=O)c2ccc(F)cc2)cc1)C(=O)NC(C)(C)C. The van der Waals surface area contributed by atoms with Gasteiger partial charge in [-0.2, -0.15) is 8.42 Å². The summed E-state index contributed by atoms with van der Waals surface area (Å²) in [6.07, 6.45) is 0. The van der Waals surface area contributed by atoms with Crippen molar-refractivity contribution >= 4 is 16.1 Å². The third kappa shape index (κ3) is 7.31. The summed E-state index contributed by atoms with van der Waals surface area (Å²) in [5.41, 5.74) is 0.413. The molecule has 0 heterocycles. The van der Waals surface area contributed by atoms with Crippen molar-refractivity contribution in [1.82, 2.24) is 10.2 Å². The van der Waals surface area contributed by atoms with E-state index in [4.69, 9.17) is 8.92 Å². The molecule has 30 heavy (non-hydrogen) atoms. The van der Waals surface area contributed by atoms with Crippen molar-refractivity contribution in [3.63, 3.8) is 0 Å². The molecule has 0 aromatic heterocycles. The molecule has 0 fully saturated rings. The second-order valence-corrected chi connectivity index (χ2v) is 9.28. The molecule has 164 valence electrons. The van der Waals surface area contributed by atoms with Gasteiger partial charge in [0.25, 0.3) is 0 Å². The van der Waals surface area contributed by atoms with Crippen molar-refractivity contribution in [2.75, 3.05) is 20.3 Å². The molecule has 1 N–H and O–H groups in total. The second-order valence-electron chi connectivity index (χ2n) is 7.73. The van der Waals surface area contributed by atoms with Gasteiger partial charge in [-0.1, -0.05) is 12.1 Å². The highest BCUT2D eigenvalue weighted by molar-refractivity contribution is 7.87. The summed E-state index contributed by atoms with van der Waals surface area (Å²) >= 11 is 0. The van der Waals surface area contributed by atoms with E-state index < -0.39 is 15.9 Å². The maximum atomic E-state index is 13.0. The summed E-state index contributed by atoms with van der Waals surface area (Å²) < 4.78 is 47.8. The molecule has 0 saturated carbocycles. The predicted molar refractivity (Wildman–Crippen MR) is 111 cm³/mol. The van der Waals surface area contributed by atoms with Gasteiger partial charge in [-0.05, 0) is 62.7 Å². The number of amides is 2. The summed E-state index contributed by atoms with van der Waals surface area (Å²) in [6.45, 7) is 6.79. The second kappa shape index (κ2) is 9.90. The topological polar surface area (TPSA) is 84.9 Å². The molecule has 2 aromatic carbocycles. The van der Waals surface area contributed by atoms with Gasteiger partial charge in [-0.25, -0.2) is 9.18 Å². The Kier molecular flexibility index (Phi) is 7.80. The van der Waals surface area contributed by atoms with Gasteiger partial charge in [0.05, 0.1) is 6.61 Å². The number of benzene rings is 2. The average Bonchev–Trinajstić information content (AvgIpc) is 2.65. The maximum Gasteiger partial charge on any atom is 0.339 e. The summed E-state index contributed by atoms with van der Waals surface area (Å²) in [7, 11) is -2.51. The predicted octanol–water partition coefficient (Wildman–Crippen LogP) is 3.55. The number of hydrogen-bond donors (Lipinski definition) is 1. The first kappa shape index (κ1) is 23.6. The molecule has 0 aliphatic rings. The van der Waals surface area contributed by atoms with Crippen LogP contribution in [0.4, 0.5) is 9.18 Å². The van der Waals surface area contributed by atoms with Gasteiger partial charge >= 0.3 is 16.1 Å². The molecule has 0 atom stereocenters. The molecule has 0 radical (unpaired) electrons. The van der Waals surface area contributed by atoms with E-state index in [2.05, 4.69) is 5.32 Å². The molecule has 0 aliphatic heterocycles. The van der Waals surface area contributed by atoms with Crippen molar-refractivity contribution in [1.29, 1.82) is 0 Å². The van der Waals surface area contributed by atoms with Gasteiger partial charge in [-0.15, -0.1) is 0 Å². The Hall–Kier alpha value is -2.65. The molecule has 0 aliphatic carbocycles. The number of rotatable bonds is 8. The lowest BCUT2D eigenvalue weighted by Crippen LogP contribution is -2.49. The number of urea groups is 1. The van der Waals surface area contributed by atoms with Crippen LogP contribution in [0.5, 0.6) is 5.75 Å². The summed E-state index contributed by atoms with van der Waals surface area (Å²) in [4.78, 5) is 14.0. The minimum atomic E-state index is -4.07. The highest BCUT2D eigenvalue weighted by Crippen LogP contribution is 2.20. The van der Waals surface area contributed by atoms with Crippen molar-refractivity contribution in [3.05, 3.63) is 59.9 Å². The first-order valence-corrected chi connectivity index (χ1v) is 10.8. The van der Waals surface area contributed by atoms with Crippen LogP contribution in [-0.2, 0) is 21.4 Å². The Morgan fingerprint density at radius 3 is 2.20 bits per heavy atom. The largest absolute Gasteiger partial charge is 0.383 e. The normalized spacial score (nSPS) is 11.8. The quantitative estimate of drug-likeness (QED) is 0.637. The van der Waals surface area contributed by atoms with Crippen LogP contribution in [-0.4, -0.2) is 45.1 Å². The summed E-state index contributed by atoms with van der Waals surface area (Å²) in [6, 6.07) is 10.5. The smallest absolute Gasteiger partial charge is 0.339 e. The van der Waals surface area contributed by atoms with Crippen LogP contribution in [0.2, 0.25) is 0 Å². The van der Waals surface area contributed by atoms with Crippen LogP contribution < -0.4 is 9.50 Å². The Morgan fingerprint density at radius 2 is 1.67 bits per heavy atom. The number of nitrogens with zero attached hydrogens (tertiary/aromatic N) is 1. The standard InChI is InChI=1S/C21H27FN2O5S/c1-21(2,3)23-20(25)24(13-14-28-4)15-16-5-9-18(10-6-16)29-30(26,27)19-11-7-17(22)8-12-19/h5-12H,13-15H2,1-4H3,(H,23,25). The van der Waals surface area contributed by atoms with E-state index in [1.54, 1.807) is 24.1 Å². The molecular weight excluding hydrogens is 411 g/mol. The van der Waals surface area contributed by atoms with Crippen molar-refractivity contribution in [2.45, 2.75) is 37.8 Å². The van der Waals surface area contributed by atoms with Crippen molar-refractivity contribution in [3.8, 4) is 5.75 Å². The lowest BCUT2D eigenvalue weighted by Gasteiger charge is -2.28. The fourth-order valence-corrected chi connectivity index (χ4v) is 3.43. The number of hydrogen-bond acceptors (Lipinski definition) is 5. The third-order valence-corrected chi connectivity index (χ3v) is 5.20.